The first kappa shape index (κ1) is 18.7. The number of benzene rings is 1. The zero-order valence-electron chi connectivity index (χ0n) is 14.7. The second kappa shape index (κ2) is 6.91. The maximum Gasteiger partial charge on any atom is 0.340 e. The Hall–Kier alpha value is -3.08. The molecule has 0 saturated heterocycles. The van der Waals surface area contributed by atoms with Gasteiger partial charge in [-0.1, -0.05) is 6.07 Å². The third-order valence-corrected chi connectivity index (χ3v) is 4.51. The Balaban J connectivity index is 2.01. The molecule has 3 rings (SSSR count). The summed E-state index contributed by atoms with van der Waals surface area (Å²) in [5.74, 6) is -1.72. The number of esters is 1. The number of nitrogens with zero attached hydrogens (tertiary/aromatic N) is 4. The summed E-state index contributed by atoms with van der Waals surface area (Å²) in [5.41, 5.74) is -0.171. The molecular formula is C16H16FN5O4S. The van der Waals surface area contributed by atoms with Crippen LogP contribution in [0.15, 0.2) is 35.6 Å². The molecule has 9 nitrogen and oxygen atoms in total. The van der Waals surface area contributed by atoms with Gasteiger partial charge in [0.2, 0.25) is 0 Å². The van der Waals surface area contributed by atoms with Crippen molar-refractivity contribution in [3.63, 3.8) is 0 Å². The number of sulfonamides is 1. The lowest BCUT2D eigenvalue weighted by Gasteiger charge is -2.13. The average Bonchev–Trinajstić information content (AvgIpc) is 3.00. The van der Waals surface area contributed by atoms with Crippen molar-refractivity contribution in [1.29, 1.82) is 0 Å². The molecule has 2 heterocycles. The van der Waals surface area contributed by atoms with Gasteiger partial charge in [0, 0.05) is 11.9 Å². The lowest BCUT2D eigenvalue weighted by Crippen LogP contribution is -2.20. The number of aryl methyl sites for hydroxylation is 1. The van der Waals surface area contributed by atoms with Crippen molar-refractivity contribution in [2.24, 2.45) is 0 Å². The highest BCUT2D eigenvalue weighted by atomic mass is 32.2. The molecule has 0 spiro atoms. The van der Waals surface area contributed by atoms with Crippen LogP contribution in [0.2, 0.25) is 0 Å². The summed E-state index contributed by atoms with van der Waals surface area (Å²) >= 11 is 0. The van der Waals surface area contributed by atoms with Gasteiger partial charge in [0.1, 0.15) is 5.82 Å². The van der Waals surface area contributed by atoms with Crippen molar-refractivity contribution in [2.45, 2.75) is 32.0 Å². The third kappa shape index (κ3) is 3.87. The third-order valence-electron chi connectivity index (χ3n) is 3.38. The number of carbonyl (C=O) groups excluding carboxylic acids is 1. The number of nitrogens with one attached hydrogen (secondary N) is 1. The van der Waals surface area contributed by atoms with Crippen molar-refractivity contribution < 1.29 is 22.3 Å². The molecule has 1 N–H and O–H groups in total. The number of ether oxygens (including phenoxy) is 1. The Morgan fingerprint density at radius 2 is 2.00 bits per heavy atom. The normalized spacial score (nSPS) is 11.7. The van der Waals surface area contributed by atoms with Crippen molar-refractivity contribution in [2.75, 3.05) is 4.72 Å². The summed E-state index contributed by atoms with van der Waals surface area (Å²) in [4.78, 5) is 20.1. The number of aromatic nitrogens is 4. The molecule has 142 valence electrons. The minimum absolute atomic E-state index is 0.0725. The summed E-state index contributed by atoms with van der Waals surface area (Å²) in [6.07, 6.45) is 1.04. The van der Waals surface area contributed by atoms with Crippen LogP contribution in [0.25, 0.3) is 5.78 Å². The Morgan fingerprint density at radius 1 is 1.26 bits per heavy atom. The molecule has 1 aromatic carbocycles. The lowest BCUT2D eigenvalue weighted by molar-refractivity contribution is 0.0378. The molecule has 0 saturated carbocycles. The lowest BCUT2D eigenvalue weighted by atomic mass is 10.2. The topological polar surface area (TPSA) is 116 Å². The molecule has 11 heteroatoms. The summed E-state index contributed by atoms with van der Waals surface area (Å²) in [7, 11) is -4.38. The van der Waals surface area contributed by atoms with Crippen LogP contribution < -0.4 is 4.72 Å². The van der Waals surface area contributed by atoms with E-state index in [1.165, 1.54) is 22.8 Å². The number of anilines is 1. The van der Waals surface area contributed by atoms with E-state index in [4.69, 9.17) is 4.74 Å². The predicted molar refractivity (Wildman–Crippen MR) is 93.3 cm³/mol. The molecule has 0 aliphatic carbocycles. The van der Waals surface area contributed by atoms with Gasteiger partial charge in [0.15, 0.2) is 0 Å². The monoisotopic (exact) mass is 393 g/mol. The smallest absolute Gasteiger partial charge is 0.340 e. The molecule has 0 radical (unpaired) electrons. The standard InChI is InChI=1S/C16H16FN5O4S/c1-9(2)26-14(23)11-5-4-6-12(17)13(11)21-27(24,25)16-19-15-18-10(3)7-8-22(15)20-16/h4-9,21H,1-3H3. The zero-order valence-corrected chi connectivity index (χ0v) is 15.5. The summed E-state index contributed by atoms with van der Waals surface area (Å²) in [6, 6.07) is 5.18. The number of hydrogen-bond acceptors (Lipinski definition) is 7. The van der Waals surface area contributed by atoms with Crippen LogP contribution in [0.5, 0.6) is 0 Å². The molecule has 0 fully saturated rings. The van der Waals surface area contributed by atoms with Gasteiger partial charge < -0.3 is 4.74 Å². The highest BCUT2D eigenvalue weighted by molar-refractivity contribution is 7.92. The Labute approximate surface area is 154 Å². The van der Waals surface area contributed by atoms with Crippen molar-refractivity contribution in [1.82, 2.24) is 19.6 Å². The fraction of sp³-hybridized carbons (Fsp3) is 0.250. The number of para-hydroxylation sites is 1. The number of rotatable bonds is 5. The number of halogens is 1. The van der Waals surface area contributed by atoms with E-state index in [-0.39, 0.29) is 11.3 Å². The molecule has 0 aliphatic rings. The number of fused-ring (bicyclic) bond motifs is 1. The van der Waals surface area contributed by atoms with E-state index in [0.29, 0.717) is 5.69 Å². The van der Waals surface area contributed by atoms with Gasteiger partial charge in [0.05, 0.1) is 17.4 Å². The van der Waals surface area contributed by atoms with E-state index in [1.54, 1.807) is 26.8 Å². The molecule has 3 aromatic rings. The van der Waals surface area contributed by atoms with Gasteiger partial charge in [0.25, 0.3) is 21.0 Å². The van der Waals surface area contributed by atoms with Crippen molar-refractivity contribution in [3.8, 4) is 0 Å². The van der Waals surface area contributed by atoms with Crippen LogP contribution in [0.1, 0.15) is 29.9 Å². The Bertz CT molecular complexity index is 1130. The number of hydrogen-bond donors (Lipinski definition) is 1. The Morgan fingerprint density at radius 3 is 2.70 bits per heavy atom. The van der Waals surface area contributed by atoms with Crippen LogP contribution in [0.4, 0.5) is 10.1 Å². The van der Waals surface area contributed by atoms with Gasteiger partial charge in [-0.05, 0) is 39.0 Å². The second-order valence-electron chi connectivity index (χ2n) is 5.93. The first-order valence-corrected chi connectivity index (χ1v) is 9.38. The van der Waals surface area contributed by atoms with E-state index in [2.05, 4.69) is 15.1 Å². The molecule has 0 bridgehead atoms. The summed E-state index contributed by atoms with van der Waals surface area (Å²) in [5, 5.41) is 3.22. The van der Waals surface area contributed by atoms with E-state index in [1.807, 2.05) is 4.72 Å². The number of carbonyl (C=O) groups is 1. The zero-order chi connectivity index (χ0) is 19.8. The minimum atomic E-state index is -4.38. The van der Waals surface area contributed by atoms with Crippen LogP contribution in [-0.4, -0.2) is 40.1 Å². The average molecular weight is 393 g/mol. The molecule has 2 aromatic heterocycles. The maximum absolute atomic E-state index is 14.3. The van der Waals surface area contributed by atoms with Gasteiger partial charge in [-0.25, -0.2) is 18.7 Å². The van der Waals surface area contributed by atoms with Gasteiger partial charge in [-0.3, -0.25) is 4.72 Å². The van der Waals surface area contributed by atoms with E-state index in [0.717, 1.165) is 6.07 Å². The van der Waals surface area contributed by atoms with Crippen LogP contribution in [-0.2, 0) is 14.8 Å². The molecule has 0 unspecified atom stereocenters. The first-order valence-electron chi connectivity index (χ1n) is 7.90. The second-order valence-corrected chi connectivity index (χ2v) is 7.51. The van der Waals surface area contributed by atoms with Crippen LogP contribution >= 0.6 is 0 Å². The van der Waals surface area contributed by atoms with Crippen LogP contribution in [0, 0.1) is 12.7 Å². The highest BCUT2D eigenvalue weighted by Gasteiger charge is 2.26. The van der Waals surface area contributed by atoms with E-state index >= 15 is 0 Å². The molecular weight excluding hydrogens is 377 g/mol. The molecule has 0 aliphatic heterocycles. The van der Waals surface area contributed by atoms with E-state index < -0.39 is 38.8 Å². The highest BCUT2D eigenvalue weighted by Crippen LogP contribution is 2.24. The van der Waals surface area contributed by atoms with Gasteiger partial charge in [-0.2, -0.15) is 13.4 Å². The Kier molecular flexibility index (Phi) is 4.79. The van der Waals surface area contributed by atoms with Gasteiger partial charge in [-0.15, -0.1) is 5.10 Å². The molecule has 27 heavy (non-hydrogen) atoms. The van der Waals surface area contributed by atoms with E-state index in [9.17, 15) is 17.6 Å². The SMILES string of the molecule is Cc1ccn2nc(S(=O)(=O)Nc3c(F)cccc3C(=O)OC(C)C)nc2n1. The quantitative estimate of drug-likeness (QED) is 0.659. The first-order chi connectivity index (χ1) is 12.7. The minimum Gasteiger partial charge on any atom is -0.459 e. The largest absolute Gasteiger partial charge is 0.459 e. The van der Waals surface area contributed by atoms with Gasteiger partial charge >= 0.3 is 5.97 Å². The van der Waals surface area contributed by atoms with Crippen LogP contribution in [0.3, 0.4) is 0 Å². The maximum atomic E-state index is 14.3. The van der Waals surface area contributed by atoms with Crippen molar-refractivity contribution >= 4 is 27.5 Å². The fourth-order valence-electron chi connectivity index (χ4n) is 2.22. The molecule has 0 amide bonds. The fourth-order valence-corrected chi connectivity index (χ4v) is 3.18. The molecule has 0 atom stereocenters. The summed E-state index contributed by atoms with van der Waals surface area (Å²) in [6.45, 7) is 4.96. The van der Waals surface area contributed by atoms with Crippen molar-refractivity contribution in [3.05, 3.63) is 47.5 Å². The summed E-state index contributed by atoms with van der Waals surface area (Å²) < 4.78 is 47.7. The predicted octanol–water partition coefficient (Wildman–Crippen LogP) is 1.94.